The second kappa shape index (κ2) is 9.71. The topological polar surface area (TPSA) is 79.5 Å². The predicted molar refractivity (Wildman–Crippen MR) is 95.0 cm³/mol. The van der Waals surface area contributed by atoms with E-state index in [1.807, 2.05) is 0 Å². The van der Waals surface area contributed by atoms with Crippen molar-refractivity contribution >= 4 is 23.2 Å². The molecule has 2 aromatic rings. The van der Waals surface area contributed by atoms with E-state index in [2.05, 4.69) is 15.4 Å². The molecule has 2 amide bonds. The lowest BCUT2D eigenvalue weighted by molar-refractivity contribution is -0.123. The first-order valence-electron chi connectivity index (χ1n) is 8.17. The largest absolute Gasteiger partial charge is 0.433 e. The van der Waals surface area contributed by atoms with Crippen LogP contribution in [0.15, 0.2) is 48.5 Å². The van der Waals surface area contributed by atoms with Gasteiger partial charge in [-0.1, -0.05) is 24.3 Å². The van der Waals surface area contributed by atoms with Crippen LogP contribution < -0.4 is 20.7 Å². The zero-order valence-electron chi connectivity index (χ0n) is 14.7. The van der Waals surface area contributed by atoms with E-state index < -0.39 is 31.1 Å². The van der Waals surface area contributed by atoms with Crippen LogP contribution in [0.2, 0.25) is 0 Å². The van der Waals surface area contributed by atoms with Crippen molar-refractivity contribution in [3.05, 3.63) is 54.1 Å². The summed E-state index contributed by atoms with van der Waals surface area (Å²) in [6, 6.07) is 11.2. The van der Waals surface area contributed by atoms with Gasteiger partial charge in [-0.3, -0.25) is 9.59 Å². The van der Waals surface area contributed by atoms with Crippen molar-refractivity contribution in [2.24, 2.45) is 0 Å². The van der Waals surface area contributed by atoms with Crippen molar-refractivity contribution in [2.45, 2.75) is 12.8 Å². The van der Waals surface area contributed by atoms with Gasteiger partial charge in [-0.2, -0.15) is 22.0 Å². The second-order valence-corrected chi connectivity index (χ2v) is 5.62. The van der Waals surface area contributed by atoms with Gasteiger partial charge in [-0.25, -0.2) is 0 Å². The summed E-state index contributed by atoms with van der Waals surface area (Å²) >= 11 is 0. The maximum Gasteiger partial charge on any atom is 0.405 e. The van der Waals surface area contributed by atoms with Crippen molar-refractivity contribution in [3.63, 3.8) is 0 Å². The van der Waals surface area contributed by atoms with Crippen molar-refractivity contribution in [1.29, 1.82) is 0 Å². The third kappa shape index (κ3) is 7.28. The first-order valence-corrected chi connectivity index (χ1v) is 8.17. The van der Waals surface area contributed by atoms with E-state index in [1.165, 1.54) is 48.5 Å². The van der Waals surface area contributed by atoms with Crippen LogP contribution in [0.25, 0.3) is 0 Å². The van der Waals surface area contributed by atoms with E-state index in [-0.39, 0.29) is 29.2 Å². The van der Waals surface area contributed by atoms with Crippen molar-refractivity contribution in [1.82, 2.24) is 5.32 Å². The van der Waals surface area contributed by atoms with Crippen LogP contribution in [0.4, 0.5) is 33.3 Å². The number of halogens is 5. The molecule has 0 saturated carbocycles. The van der Waals surface area contributed by atoms with Crippen LogP contribution in [-0.4, -0.2) is 37.7 Å². The maximum absolute atomic E-state index is 12.4. The number of ether oxygens (including phenoxy) is 1. The summed E-state index contributed by atoms with van der Waals surface area (Å²) in [5.74, 6) is -1.86. The predicted octanol–water partition coefficient (Wildman–Crippen LogP) is 3.63. The van der Waals surface area contributed by atoms with Crippen LogP contribution in [0.3, 0.4) is 0 Å². The average Bonchev–Trinajstić information content (AvgIpc) is 2.65. The first-order chi connectivity index (χ1) is 13.7. The van der Waals surface area contributed by atoms with Crippen molar-refractivity contribution in [3.8, 4) is 5.75 Å². The van der Waals surface area contributed by atoms with E-state index in [4.69, 9.17) is 0 Å². The van der Waals surface area contributed by atoms with Crippen molar-refractivity contribution < 1.29 is 36.3 Å². The van der Waals surface area contributed by atoms with Gasteiger partial charge in [0.1, 0.15) is 12.3 Å². The summed E-state index contributed by atoms with van der Waals surface area (Å²) < 4.78 is 65.9. The summed E-state index contributed by atoms with van der Waals surface area (Å²) in [7, 11) is 0. The first kappa shape index (κ1) is 21.9. The van der Waals surface area contributed by atoms with E-state index in [9.17, 15) is 31.5 Å². The smallest absolute Gasteiger partial charge is 0.405 e. The van der Waals surface area contributed by atoms with Gasteiger partial charge in [-0.05, 0) is 24.3 Å². The third-order valence-electron chi connectivity index (χ3n) is 3.44. The highest BCUT2D eigenvalue weighted by Gasteiger charge is 2.28. The molecule has 0 aromatic heterocycles. The Balaban J connectivity index is 2.00. The number of anilines is 2. The van der Waals surface area contributed by atoms with Crippen molar-refractivity contribution in [2.75, 3.05) is 23.7 Å². The SMILES string of the molecule is O=C(CNc1ccccc1C(=O)NCC(F)(F)F)Nc1ccccc1OC(F)F. The number of amides is 2. The third-order valence-corrected chi connectivity index (χ3v) is 3.44. The fourth-order valence-corrected chi connectivity index (χ4v) is 2.25. The molecule has 29 heavy (non-hydrogen) atoms. The zero-order chi connectivity index (χ0) is 21.4. The summed E-state index contributed by atoms with van der Waals surface area (Å²) in [4.78, 5) is 24.1. The average molecular weight is 417 g/mol. The summed E-state index contributed by atoms with van der Waals surface area (Å²) in [5, 5.41) is 6.74. The van der Waals surface area contributed by atoms with Gasteiger partial charge in [0.2, 0.25) is 5.91 Å². The second-order valence-electron chi connectivity index (χ2n) is 5.62. The molecule has 11 heteroatoms. The lowest BCUT2D eigenvalue weighted by Crippen LogP contribution is -2.34. The van der Waals surface area contributed by atoms with E-state index in [1.54, 1.807) is 5.32 Å². The molecule has 2 rings (SSSR count). The molecule has 0 radical (unpaired) electrons. The van der Waals surface area contributed by atoms with Crippen LogP contribution in [-0.2, 0) is 4.79 Å². The van der Waals surface area contributed by atoms with Gasteiger partial charge in [0.25, 0.3) is 5.91 Å². The zero-order valence-corrected chi connectivity index (χ0v) is 14.7. The number of hydrogen-bond acceptors (Lipinski definition) is 4. The molecule has 0 aliphatic heterocycles. The molecule has 0 aliphatic carbocycles. The van der Waals surface area contributed by atoms with Crippen LogP contribution >= 0.6 is 0 Å². The maximum atomic E-state index is 12.4. The number of nitrogens with one attached hydrogen (secondary N) is 3. The molecular weight excluding hydrogens is 401 g/mol. The van der Waals surface area contributed by atoms with Gasteiger partial charge in [-0.15, -0.1) is 0 Å². The number of rotatable bonds is 8. The molecule has 0 heterocycles. The molecule has 0 fully saturated rings. The number of para-hydroxylation sites is 3. The molecule has 0 spiro atoms. The Hall–Kier alpha value is -3.37. The number of carbonyl (C=O) groups is 2. The highest BCUT2D eigenvalue weighted by Crippen LogP contribution is 2.25. The van der Waals surface area contributed by atoms with E-state index >= 15 is 0 Å². The normalized spacial score (nSPS) is 11.1. The van der Waals surface area contributed by atoms with Gasteiger partial charge < -0.3 is 20.7 Å². The minimum absolute atomic E-state index is 0.0100. The van der Waals surface area contributed by atoms with Gasteiger partial charge in [0.15, 0.2) is 0 Å². The number of hydrogen-bond donors (Lipinski definition) is 3. The Morgan fingerprint density at radius 2 is 1.59 bits per heavy atom. The summed E-state index contributed by atoms with van der Waals surface area (Å²) in [5.41, 5.74) is 0.0428. The Morgan fingerprint density at radius 3 is 2.24 bits per heavy atom. The quantitative estimate of drug-likeness (QED) is 0.573. The lowest BCUT2D eigenvalue weighted by atomic mass is 10.1. The summed E-state index contributed by atoms with van der Waals surface area (Å²) in [6.07, 6.45) is -4.56. The van der Waals surface area contributed by atoms with Crippen LogP contribution in [0.5, 0.6) is 5.75 Å². The van der Waals surface area contributed by atoms with Gasteiger partial charge in [0, 0.05) is 5.69 Å². The lowest BCUT2D eigenvalue weighted by Gasteiger charge is -2.14. The molecule has 0 saturated heterocycles. The fraction of sp³-hybridized carbons (Fsp3) is 0.222. The number of alkyl halides is 5. The highest BCUT2D eigenvalue weighted by atomic mass is 19.4. The molecule has 0 atom stereocenters. The van der Waals surface area contributed by atoms with E-state index in [0.29, 0.717) is 0 Å². The standard InChI is InChI=1S/C18H16F5N3O3/c19-17(20)29-14-8-4-3-7-13(14)26-15(27)9-24-12-6-2-1-5-11(12)16(28)25-10-18(21,22)23/h1-8,17,24H,9-10H2,(H,25,28)(H,26,27). The molecule has 0 bridgehead atoms. The highest BCUT2D eigenvalue weighted by molar-refractivity contribution is 6.01. The molecular formula is C18H16F5N3O3. The Bertz CT molecular complexity index is 859. The molecule has 0 aliphatic rings. The van der Waals surface area contributed by atoms with Gasteiger partial charge >= 0.3 is 12.8 Å². The fourth-order valence-electron chi connectivity index (χ4n) is 2.25. The van der Waals surface area contributed by atoms with Crippen LogP contribution in [0, 0.1) is 0 Å². The monoisotopic (exact) mass is 417 g/mol. The minimum Gasteiger partial charge on any atom is -0.433 e. The van der Waals surface area contributed by atoms with Gasteiger partial charge in [0.05, 0.1) is 17.8 Å². The van der Waals surface area contributed by atoms with E-state index in [0.717, 1.165) is 0 Å². The number of benzene rings is 2. The molecule has 2 aromatic carbocycles. The molecule has 6 nitrogen and oxygen atoms in total. The molecule has 156 valence electrons. The molecule has 0 unspecified atom stereocenters. The minimum atomic E-state index is -4.56. The Morgan fingerprint density at radius 1 is 0.966 bits per heavy atom. The number of carbonyl (C=O) groups excluding carboxylic acids is 2. The Kier molecular flexibility index (Phi) is 7.34. The molecule has 3 N–H and O–H groups in total. The summed E-state index contributed by atoms with van der Waals surface area (Å²) in [6.45, 7) is -4.96. The van der Waals surface area contributed by atoms with Crippen LogP contribution in [0.1, 0.15) is 10.4 Å². The Labute approximate surface area is 162 Å².